The van der Waals surface area contributed by atoms with E-state index in [0.29, 0.717) is 0 Å². The van der Waals surface area contributed by atoms with Gasteiger partial charge in [-0.15, -0.1) is 0 Å². The number of hydrogen-bond acceptors (Lipinski definition) is 5. The van der Waals surface area contributed by atoms with Gasteiger partial charge >= 0.3 is 0 Å². The van der Waals surface area contributed by atoms with Crippen molar-refractivity contribution in [1.29, 1.82) is 0 Å². The molecular weight excluding hydrogens is 542 g/mol. The van der Waals surface area contributed by atoms with Gasteiger partial charge < -0.3 is 18.9 Å². The van der Waals surface area contributed by atoms with E-state index in [4.69, 9.17) is 31.0 Å². The summed E-state index contributed by atoms with van der Waals surface area (Å²) in [6.45, 7) is 12.5. The Bertz CT molecular complexity index is 1320. The molecular formula is C33H40ClNO4S. The molecule has 0 saturated heterocycles. The first kappa shape index (κ1) is 30.3. The molecule has 0 amide bonds. The Hall–Kier alpha value is -2.67. The maximum Gasteiger partial charge on any atom is 0.290 e. The third-order valence-electron chi connectivity index (χ3n) is 7.14. The number of benzene rings is 3. The average Bonchev–Trinajstić information content (AvgIpc) is 2.91. The van der Waals surface area contributed by atoms with Crippen LogP contribution in [0.3, 0.4) is 0 Å². The van der Waals surface area contributed by atoms with Crippen molar-refractivity contribution in [2.45, 2.75) is 77.8 Å². The van der Waals surface area contributed by atoms with Crippen molar-refractivity contribution >= 4 is 35.7 Å². The van der Waals surface area contributed by atoms with E-state index in [2.05, 4.69) is 75.3 Å². The summed E-state index contributed by atoms with van der Waals surface area (Å²) in [5.74, 6) is 1.96. The van der Waals surface area contributed by atoms with Gasteiger partial charge in [0.25, 0.3) is 6.47 Å². The van der Waals surface area contributed by atoms with E-state index >= 15 is 0 Å². The molecule has 0 aromatic heterocycles. The zero-order valence-electron chi connectivity index (χ0n) is 24.1. The number of ether oxygens (including phenoxy) is 2. The fraction of sp³-hybridized carbons (Fsp3) is 0.424. The summed E-state index contributed by atoms with van der Waals surface area (Å²) in [6, 6.07) is 17.4. The number of rotatable bonds is 6. The zero-order chi connectivity index (χ0) is 28.9. The van der Waals surface area contributed by atoms with Gasteiger partial charge in [0, 0.05) is 17.3 Å². The second kappa shape index (κ2) is 13.3. The monoisotopic (exact) mass is 581 g/mol. The molecule has 2 aliphatic heterocycles. The van der Waals surface area contributed by atoms with Crippen LogP contribution in [0.4, 0.5) is 5.69 Å². The van der Waals surface area contributed by atoms with E-state index in [0.717, 1.165) is 55.4 Å². The SMILES string of the molecule is Cc1cc2c(c(C(C)OC(C)(C)C)c1-c1ccc3c(c1)CCCO3)CCCN2SCc1ccc(Cl)cc1.O=CO. The second-order valence-corrected chi connectivity index (χ2v) is 12.8. The van der Waals surface area contributed by atoms with Crippen molar-refractivity contribution in [3.05, 3.63) is 81.4 Å². The van der Waals surface area contributed by atoms with Crippen LogP contribution in [0.15, 0.2) is 48.5 Å². The van der Waals surface area contributed by atoms with E-state index in [9.17, 15) is 0 Å². The van der Waals surface area contributed by atoms with E-state index in [1.54, 1.807) is 0 Å². The first-order valence-corrected chi connectivity index (χ1v) is 15.3. The predicted octanol–water partition coefficient (Wildman–Crippen LogP) is 8.82. The molecule has 3 aromatic rings. The molecule has 7 heteroatoms. The quantitative estimate of drug-likeness (QED) is 0.232. The van der Waals surface area contributed by atoms with Gasteiger partial charge in [0.15, 0.2) is 0 Å². The fourth-order valence-corrected chi connectivity index (χ4v) is 6.86. The number of fused-ring (bicyclic) bond motifs is 2. The molecule has 0 bridgehead atoms. The van der Waals surface area contributed by atoms with Gasteiger partial charge in [-0.2, -0.15) is 0 Å². The molecule has 214 valence electrons. The molecule has 5 nitrogen and oxygen atoms in total. The van der Waals surface area contributed by atoms with Crippen molar-refractivity contribution in [3.63, 3.8) is 0 Å². The van der Waals surface area contributed by atoms with Crippen molar-refractivity contribution in [2.75, 3.05) is 17.5 Å². The van der Waals surface area contributed by atoms with Gasteiger partial charge in [-0.3, -0.25) is 4.79 Å². The largest absolute Gasteiger partial charge is 0.493 e. The molecule has 1 N–H and O–H groups in total. The molecule has 0 radical (unpaired) electrons. The first-order valence-electron chi connectivity index (χ1n) is 13.9. The minimum absolute atomic E-state index is 0.0165. The summed E-state index contributed by atoms with van der Waals surface area (Å²) in [6.07, 6.45) is 4.34. The summed E-state index contributed by atoms with van der Waals surface area (Å²) < 4.78 is 15.1. The highest BCUT2D eigenvalue weighted by Crippen LogP contribution is 2.46. The van der Waals surface area contributed by atoms with Crippen LogP contribution in [-0.2, 0) is 28.1 Å². The number of anilines is 1. The topological polar surface area (TPSA) is 59.0 Å². The predicted molar refractivity (Wildman–Crippen MR) is 167 cm³/mol. The van der Waals surface area contributed by atoms with Gasteiger partial charge in [0.1, 0.15) is 5.75 Å². The van der Waals surface area contributed by atoms with Crippen LogP contribution in [0.25, 0.3) is 11.1 Å². The number of aryl methyl sites for hydroxylation is 2. The highest BCUT2D eigenvalue weighted by molar-refractivity contribution is 7.99. The molecule has 0 aliphatic carbocycles. The highest BCUT2D eigenvalue weighted by atomic mass is 35.5. The Kier molecular flexibility index (Phi) is 10.1. The highest BCUT2D eigenvalue weighted by Gasteiger charge is 2.29. The summed E-state index contributed by atoms with van der Waals surface area (Å²) in [4.78, 5) is 8.36. The average molecular weight is 582 g/mol. The standard InChI is InChI=1S/C32H38ClNO2S.CH2O2/c1-21-18-28-27(9-6-16-34(28)37-20-23-10-13-26(33)14-11-23)31(22(2)36-32(3,4)5)30(21)25-12-15-29-24(19-25)8-7-17-35-29;2-1-3/h10-15,18-19,22H,6-9,16-17,20H2,1-5H3;1H,(H,2,3). The van der Waals surface area contributed by atoms with E-state index in [1.807, 2.05) is 24.1 Å². The summed E-state index contributed by atoms with van der Waals surface area (Å²) >= 11 is 8.00. The van der Waals surface area contributed by atoms with Crippen LogP contribution < -0.4 is 9.04 Å². The lowest BCUT2D eigenvalue weighted by Gasteiger charge is -2.36. The molecule has 1 unspecified atom stereocenters. The molecule has 2 aliphatic rings. The third kappa shape index (κ3) is 7.34. The summed E-state index contributed by atoms with van der Waals surface area (Å²) in [7, 11) is 0. The number of halogens is 1. The maximum atomic E-state index is 8.36. The lowest BCUT2D eigenvalue weighted by molar-refractivity contribution is -0.122. The Morgan fingerprint density at radius 1 is 1.12 bits per heavy atom. The van der Waals surface area contributed by atoms with Gasteiger partial charge in [-0.1, -0.05) is 29.8 Å². The van der Waals surface area contributed by atoms with Crippen molar-refractivity contribution in [1.82, 2.24) is 0 Å². The maximum absolute atomic E-state index is 8.36. The molecule has 1 atom stereocenters. The van der Waals surface area contributed by atoms with Gasteiger partial charge in [0.05, 0.1) is 24.0 Å². The van der Waals surface area contributed by atoms with Crippen LogP contribution in [0.1, 0.15) is 74.5 Å². The second-order valence-electron chi connectivity index (χ2n) is 11.3. The van der Waals surface area contributed by atoms with E-state index < -0.39 is 0 Å². The van der Waals surface area contributed by atoms with Crippen LogP contribution >= 0.6 is 23.5 Å². The Labute approximate surface area is 248 Å². The van der Waals surface area contributed by atoms with Gasteiger partial charge in [-0.05, 0) is 142 Å². The van der Waals surface area contributed by atoms with Crippen molar-refractivity contribution in [3.8, 4) is 16.9 Å². The fourth-order valence-electron chi connectivity index (χ4n) is 5.67. The van der Waals surface area contributed by atoms with Crippen LogP contribution in [0.2, 0.25) is 5.02 Å². The minimum atomic E-state index is -0.250. The van der Waals surface area contributed by atoms with Gasteiger partial charge in [-0.25, -0.2) is 0 Å². The number of carboxylic acid groups (broad SMARTS) is 1. The number of nitrogens with zero attached hydrogens (tertiary/aromatic N) is 1. The zero-order valence-corrected chi connectivity index (χ0v) is 25.7. The van der Waals surface area contributed by atoms with E-state index in [-0.39, 0.29) is 18.2 Å². The number of carbonyl (C=O) groups is 1. The lowest BCUT2D eigenvalue weighted by Crippen LogP contribution is -2.27. The number of hydrogen-bond donors (Lipinski definition) is 1. The lowest BCUT2D eigenvalue weighted by atomic mass is 9.84. The van der Waals surface area contributed by atoms with Crippen LogP contribution in [0.5, 0.6) is 5.75 Å². The van der Waals surface area contributed by atoms with Crippen LogP contribution in [0, 0.1) is 6.92 Å². The van der Waals surface area contributed by atoms with Crippen molar-refractivity contribution in [2.24, 2.45) is 0 Å². The third-order valence-corrected chi connectivity index (χ3v) is 8.55. The smallest absolute Gasteiger partial charge is 0.290 e. The normalized spacial score (nSPS) is 15.2. The van der Waals surface area contributed by atoms with Gasteiger partial charge in [0.2, 0.25) is 0 Å². The van der Waals surface area contributed by atoms with E-state index in [1.165, 1.54) is 44.6 Å². The summed E-state index contributed by atoms with van der Waals surface area (Å²) in [5, 5.41) is 7.67. The summed E-state index contributed by atoms with van der Waals surface area (Å²) in [5.41, 5.74) is 10.4. The first-order chi connectivity index (χ1) is 19.1. The molecule has 5 rings (SSSR count). The molecule has 40 heavy (non-hydrogen) atoms. The Morgan fingerprint density at radius 2 is 1.85 bits per heavy atom. The Balaban J connectivity index is 0.00000118. The molecule has 0 saturated carbocycles. The molecule has 3 aromatic carbocycles. The minimum Gasteiger partial charge on any atom is -0.493 e. The molecule has 0 fully saturated rings. The molecule has 0 spiro atoms. The van der Waals surface area contributed by atoms with Crippen molar-refractivity contribution < 1.29 is 19.4 Å². The Morgan fingerprint density at radius 3 is 2.55 bits per heavy atom. The van der Waals surface area contributed by atoms with Crippen LogP contribution in [-0.4, -0.2) is 30.3 Å². The molecule has 2 heterocycles.